The molecule has 0 aliphatic carbocycles. The van der Waals surface area contributed by atoms with Gasteiger partial charge in [-0.2, -0.15) is 0 Å². The van der Waals surface area contributed by atoms with Crippen molar-refractivity contribution in [2.24, 2.45) is 5.92 Å². The molecular formula is C14H20N2O3S. The van der Waals surface area contributed by atoms with Crippen LogP contribution in [-0.4, -0.2) is 35.1 Å². The predicted molar refractivity (Wildman–Crippen MR) is 78.0 cm³/mol. The summed E-state index contributed by atoms with van der Waals surface area (Å²) >= 11 is 1.68. The van der Waals surface area contributed by atoms with Crippen molar-refractivity contribution in [2.45, 2.75) is 33.2 Å². The third-order valence-corrected chi connectivity index (χ3v) is 4.84. The van der Waals surface area contributed by atoms with Gasteiger partial charge in [0, 0.05) is 22.8 Å². The minimum Gasteiger partial charge on any atom is -0.481 e. The van der Waals surface area contributed by atoms with Gasteiger partial charge in [0.15, 0.2) is 0 Å². The summed E-state index contributed by atoms with van der Waals surface area (Å²) in [5.74, 6) is -1.24. The largest absolute Gasteiger partial charge is 0.481 e. The van der Waals surface area contributed by atoms with Gasteiger partial charge in [0.2, 0.25) is 0 Å². The maximum atomic E-state index is 12.1. The van der Waals surface area contributed by atoms with Crippen molar-refractivity contribution in [1.82, 2.24) is 10.2 Å². The number of carbonyl (C=O) groups excluding carboxylic acids is 1. The number of thiophene rings is 1. The van der Waals surface area contributed by atoms with Gasteiger partial charge in [-0.05, 0) is 38.3 Å². The first-order chi connectivity index (χ1) is 9.47. The lowest BCUT2D eigenvalue weighted by molar-refractivity contribution is -0.143. The maximum Gasteiger partial charge on any atom is 0.317 e. The van der Waals surface area contributed by atoms with Gasteiger partial charge in [0.25, 0.3) is 0 Å². The summed E-state index contributed by atoms with van der Waals surface area (Å²) in [5, 5.41) is 11.9. The SMILES string of the molecule is Cc1cc(CNC(=O)N2CCC[C@@H](C(=O)O)C2)sc1C. The number of nitrogens with one attached hydrogen (secondary N) is 1. The second kappa shape index (κ2) is 6.26. The van der Waals surface area contributed by atoms with Crippen LogP contribution in [0.25, 0.3) is 0 Å². The highest BCUT2D eigenvalue weighted by atomic mass is 32.1. The number of aliphatic carboxylic acids is 1. The van der Waals surface area contributed by atoms with Crippen LogP contribution in [0.5, 0.6) is 0 Å². The molecule has 0 bridgehead atoms. The Hall–Kier alpha value is -1.56. The third-order valence-electron chi connectivity index (χ3n) is 3.69. The summed E-state index contributed by atoms with van der Waals surface area (Å²) in [6, 6.07) is 1.91. The topological polar surface area (TPSA) is 69.6 Å². The minimum absolute atomic E-state index is 0.167. The molecule has 1 fully saturated rings. The molecule has 20 heavy (non-hydrogen) atoms. The fourth-order valence-electron chi connectivity index (χ4n) is 2.37. The third kappa shape index (κ3) is 3.50. The number of rotatable bonds is 3. The fraction of sp³-hybridized carbons (Fsp3) is 0.571. The Balaban J connectivity index is 1.86. The lowest BCUT2D eigenvalue weighted by atomic mass is 9.99. The van der Waals surface area contributed by atoms with Crippen molar-refractivity contribution in [3.05, 3.63) is 21.4 Å². The second-order valence-corrected chi connectivity index (χ2v) is 6.57. The molecule has 0 spiro atoms. The van der Waals surface area contributed by atoms with Crippen LogP contribution in [0.15, 0.2) is 6.07 Å². The zero-order valence-electron chi connectivity index (χ0n) is 11.8. The van der Waals surface area contributed by atoms with Crippen LogP contribution < -0.4 is 5.32 Å². The molecule has 1 saturated heterocycles. The van der Waals surface area contributed by atoms with Crippen LogP contribution in [0.1, 0.15) is 28.2 Å². The van der Waals surface area contributed by atoms with Crippen molar-refractivity contribution in [3.63, 3.8) is 0 Å². The Labute approximate surface area is 122 Å². The van der Waals surface area contributed by atoms with Crippen molar-refractivity contribution in [2.75, 3.05) is 13.1 Å². The van der Waals surface area contributed by atoms with E-state index in [9.17, 15) is 9.59 Å². The molecular weight excluding hydrogens is 276 g/mol. The summed E-state index contributed by atoms with van der Waals surface area (Å²) in [5.41, 5.74) is 1.24. The molecule has 0 aromatic carbocycles. The number of nitrogens with zero attached hydrogens (tertiary/aromatic N) is 1. The number of hydrogen-bond donors (Lipinski definition) is 2. The van der Waals surface area contributed by atoms with Gasteiger partial charge < -0.3 is 15.3 Å². The molecule has 2 N–H and O–H groups in total. The van der Waals surface area contributed by atoms with E-state index >= 15 is 0 Å². The first kappa shape index (κ1) is 14.8. The Morgan fingerprint density at radius 2 is 2.25 bits per heavy atom. The number of likely N-dealkylation sites (tertiary alicyclic amines) is 1. The van der Waals surface area contributed by atoms with E-state index in [1.54, 1.807) is 16.2 Å². The van der Waals surface area contributed by atoms with E-state index in [-0.39, 0.29) is 6.03 Å². The summed E-state index contributed by atoms with van der Waals surface area (Å²) in [6.45, 7) is 5.57. The lowest BCUT2D eigenvalue weighted by Gasteiger charge is -2.30. The number of carboxylic acids is 1. The molecule has 0 unspecified atom stereocenters. The predicted octanol–water partition coefficient (Wildman–Crippen LogP) is 2.37. The van der Waals surface area contributed by atoms with Crippen LogP contribution in [0.3, 0.4) is 0 Å². The van der Waals surface area contributed by atoms with Gasteiger partial charge >= 0.3 is 12.0 Å². The molecule has 1 aromatic rings. The molecule has 110 valence electrons. The van der Waals surface area contributed by atoms with Crippen LogP contribution in [-0.2, 0) is 11.3 Å². The zero-order valence-corrected chi connectivity index (χ0v) is 12.6. The summed E-state index contributed by atoms with van der Waals surface area (Å²) in [7, 11) is 0. The van der Waals surface area contributed by atoms with Crippen molar-refractivity contribution in [1.29, 1.82) is 0 Å². The van der Waals surface area contributed by atoms with E-state index in [2.05, 4.69) is 25.2 Å². The highest BCUT2D eigenvalue weighted by molar-refractivity contribution is 7.12. The second-order valence-electron chi connectivity index (χ2n) is 5.23. The average Bonchev–Trinajstić information content (AvgIpc) is 2.75. The van der Waals surface area contributed by atoms with Gasteiger partial charge in [-0.25, -0.2) is 4.79 Å². The number of carbonyl (C=O) groups is 2. The average molecular weight is 296 g/mol. The Bertz CT molecular complexity index is 493. The summed E-state index contributed by atoms with van der Waals surface area (Å²) < 4.78 is 0. The maximum absolute atomic E-state index is 12.1. The molecule has 1 aliphatic heterocycles. The van der Waals surface area contributed by atoms with E-state index in [1.165, 1.54) is 10.4 Å². The van der Waals surface area contributed by atoms with E-state index in [4.69, 9.17) is 5.11 Å². The molecule has 0 saturated carbocycles. The molecule has 0 radical (unpaired) electrons. The van der Waals surface area contributed by atoms with Crippen LogP contribution in [0.4, 0.5) is 4.79 Å². The minimum atomic E-state index is -0.813. The normalized spacial score (nSPS) is 18.9. The zero-order chi connectivity index (χ0) is 14.7. The van der Waals surface area contributed by atoms with E-state index in [0.717, 1.165) is 11.3 Å². The summed E-state index contributed by atoms with van der Waals surface area (Å²) in [6.07, 6.45) is 1.41. The van der Waals surface area contributed by atoms with E-state index < -0.39 is 11.9 Å². The molecule has 6 heteroatoms. The molecule has 2 rings (SSSR count). The van der Waals surface area contributed by atoms with Crippen LogP contribution in [0.2, 0.25) is 0 Å². The van der Waals surface area contributed by atoms with Gasteiger partial charge in [0.1, 0.15) is 0 Å². The standard InChI is InChI=1S/C14H20N2O3S/c1-9-6-12(20-10(9)2)7-15-14(19)16-5-3-4-11(8-16)13(17)18/h6,11H,3-5,7-8H2,1-2H3,(H,15,19)(H,17,18)/t11-/m1/s1. The molecule has 1 atom stereocenters. The quantitative estimate of drug-likeness (QED) is 0.899. The van der Waals surface area contributed by atoms with Crippen molar-refractivity contribution in [3.8, 4) is 0 Å². The first-order valence-electron chi connectivity index (χ1n) is 6.79. The monoisotopic (exact) mass is 296 g/mol. The summed E-state index contributed by atoms with van der Waals surface area (Å²) in [4.78, 5) is 27.0. The van der Waals surface area contributed by atoms with Crippen LogP contribution >= 0.6 is 11.3 Å². The lowest BCUT2D eigenvalue weighted by Crippen LogP contribution is -2.46. The Morgan fingerprint density at radius 3 is 2.85 bits per heavy atom. The first-order valence-corrected chi connectivity index (χ1v) is 7.60. The number of amides is 2. The number of urea groups is 1. The van der Waals surface area contributed by atoms with E-state index in [1.807, 2.05) is 0 Å². The van der Waals surface area contributed by atoms with Gasteiger partial charge in [-0.15, -0.1) is 11.3 Å². The highest BCUT2D eigenvalue weighted by Crippen LogP contribution is 2.21. The fourth-order valence-corrected chi connectivity index (χ4v) is 3.37. The van der Waals surface area contributed by atoms with Gasteiger partial charge in [0.05, 0.1) is 12.5 Å². The molecule has 2 amide bonds. The van der Waals surface area contributed by atoms with Crippen molar-refractivity contribution >= 4 is 23.3 Å². The molecule has 2 heterocycles. The number of piperidine rings is 1. The highest BCUT2D eigenvalue weighted by Gasteiger charge is 2.27. The van der Waals surface area contributed by atoms with E-state index in [0.29, 0.717) is 26.1 Å². The number of aryl methyl sites for hydroxylation is 2. The Morgan fingerprint density at radius 1 is 1.50 bits per heavy atom. The molecule has 1 aromatic heterocycles. The molecule has 5 nitrogen and oxygen atoms in total. The number of hydrogen-bond acceptors (Lipinski definition) is 3. The van der Waals surface area contributed by atoms with Crippen molar-refractivity contribution < 1.29 is 14.7 Å². The van der Waals surface area contributed by atoms with Gasteiger partial charge in [-0.3, -0.25) is 4.79 Å². The van der Waals surface area contributed by atoms with Gasteiger partial charge in [-0.1, -0.05) is 0 Å². The molecule has 1 aliphatic rings. The number of carboxylic acid groups (broad SMARTS) is 1. The smallest absolute Gasteiger partial charge is 0.317 e. The Kier molecular flexibility index (Phi) is 4.65. The van der Waals surface area contributed by atoms with Crippen LogP contribution in [0, 0.1) is 19.8 Å².